The van der Waals surface area contributed by atoms with Gasteiger partial charge in [0.25, 0.3) is 5.91 Å². The van der Waals surface area contributed by atoms with Gasteiger partial charge in [0.2, 0.25) is 27.7 Å². The van der Waals surface area contributed by atoms with Gasteiger partial charge in [-0.05, 0) is 93.7 Å². The Balaban J connectivity index is 1.21. The summed E-state index contributed by atoms with van der Waals surface area (Å²) < 4.78 is 39.9. The average Bonchev–Trinajstić information content (AvgIpc) is 4.06. The Bertz CT molecular complexity index is 1840. The van der Waals surface area contributed by atoms with Gasteiger partial charge in [-0.1, -0.05) is 37.5 Å². The van der Waals surface area contributed by atoms with Crippen molar-refractivity contribution in [1.82, 2.24) is 25.2 Å². The molecule has 14 heteroatoms. The van der Waals surface area contributed by atoms with Crippen LogP contribution in [0.25, 0.3) is 10.8 Å². The van der Waals surface area contributed by atoms with Crippen molar-refractivity contribution in [2.24, 2.45) is 11.8 Å². The number of benzene rings is 1. The highest BCUT2D eigenvalue weighted by molar-refractivity contribution is 7.91. The molecule has 5 aliphatic rings. The molecule has 4 bridgehead atoms. The lowest BCUT2D eigenvalue weighted by Crippen LogP contribution is -2.59. The number of carbonyl (C=O) groups excluding carboxylic acids is 4. The van der Waals surface area contributed by atoms with Crippen LogP contribution in [0.4, 0.5) is 4.79 Å². The second kappa shape index (κ2) is 14.7. The van der Waals surface area contributed by atoms with E-state index in [1.54, 1.807) is 6.20 Å². The summed E-state index contributed by atoms with van der Waals surface area (Å²) in [6, 6.07) is 6.07. The number of carbonyl (C=O) groups is 4. The highest BCUT2D eigenvalue weighted by Gasteiger charge is 2.62. The fourth-order valence-corrected chi connectivity index (χ4v) is 9.54. The van der Waals surface area contributed by atoms with Gasteiger partial charge in [0.05, 0.1) is 11.8 Å². The number of sulfonamides is 1. The molecule has 3 N–H and O–H groups in total. The van der Waals surface area contributed by atoms with Crippen LogP contribution in [0.2, 0.25) is 0 Å². The van der Waals surface area contributed by atoms with Gasteiger partial charge in [-0.25, -0.2) is 18.2 Å². The molecule has 52 heavy (non-hydrogen) atoms. The molecule has 6 atom stereocenters. The Morgan fingerprint density at radius 3 is 2.54 bits per heavy atom. The van der Waals surface area contributed by atoms with E-state index in [4.69, 9.17) is 9.47 Å². The number of rotatable bonds is 7. The molecule has 7 rings (SSSR count). The van der Waals surface area contributed by atoms with E-state index in [0.29, 0.717) is 25.1 Å². The van der Waals surface area contributed by atoms with E-state index < -0.39 is 68.7 Å². The van der Waals surface area contributed by atoms with Crippen LogP contribution in [0.5, 0.6) is 5.88 Å². The van der Waals surface area contributed by atoms with Crippen molar-refractivity contribution in [3.63, 3.8) is 0 Å². The SMILES string of the molecule is C=C[C@@H]1CC1(NC(=O)[C@@H]1C[C@@H]2CN1C(=O)[C@H](C1CCCCC1)NC(=O)O[C@H](C)CCCCc1ccc3ccnc(c3c1)O2)C(=O)NS(=O)(=O)C1CC1. The molecule has 4 fully saturated rings. The highest BCUT2D eigenvalue weighted by Crippen LogP contribution is 2.45. The molecular formula is C38H49N5O8S. The van der Waals surface area contributed by atoms with Crippen molar-refractivity contribution in [2.75, 3.05) is 6.54 Å². The number of amides is 4. The third-order valence-corrected chi connectivity index (χ3v) is 13.3. The van der Waals surface area contributed by atoms with Gasteiger partial charge in [0.15, 0.2) is 0 Å². The summed E-state index contributed by atoms with van der Waals surface area (Å²) in [6.07, 6.45) is 10.3. The van der Waals surface area contributed by atoms with Crippen LogP contribution < -0.4 is 20.1 Å². The predicted octanol–water partition coefficient (Wildman–Crippen LogP) is 4.04. The number of pyridine rings is 1. The molecule has 3 saturated carbocycles. The Kier molecular flexibility index (Phi) is 10.2. The Hall–Kier alpha value is -4.20. The number of fused-ring (bicyclic) bond motifs is 3. The summed E-state index contributed by atoms with van der Waals surface area (Å²) in [5.41, 5.74) is -0.406. The highest BCUT2D eigenvalue weighted by atomic mass is 32.2. The maximum Gasteiger partial charge on any atom is 0.408 e. The largest absolute Gasteiger partial charge is 0.472 e. The van der Waals surface area contributed by atoms with Gasteiger partial charge in [-0.2, -0.15) is 0 Å². The number of hydrogen-bond acceptors (Lipinski definition) is 9. The summed E-state index contributed by atoms with van der Waals surface area (Å²) >= 11 is 0. The second-order valence-electron chi connectivity index (χ2n) is 15.3. The number of aromatic nitrogens is 1. The van der Waals surface area contributed by atoms with Gasteiger partial charge >= 0.3 is 6.09 Å². The summed E-state index contributed by atoms with van der Waals surface area (Å²) in [5.74, 6) is -2.10. The molecule has 0 radical (unpaired) electrons. The summed E-state index contributed by atoms with van der Waals surface area (Å²) in [4.78, 5) is 61.9. The van der Waals surface area contributed by atoms with Gasteiger partial charge < -0.3 is 25.0 Å². The molecular weight excluding hydrogens is 687 g/mol. The second-order valence-corrected chi connectivity index (χ2v) is 17.3. The minimum atomic E-state index is -3.88. The number of alkyl carbamates (subject to hydrolysis) is 1. The first-order chi connectivity index (χ1) is 25.0. The standard InChI is InChI=1S/C38H49N5O8S/c1-3-27-21-38(27,36(46)42-52(48,49)29-15-16-29)41-33(44)31-20-28-22-43(31)35(45)32(26-11-5-4-6-12-26)40-37(47)50-23(2)9-7-8-10-24-13-14-25-17-18-39-34(51-28)30(25)19-24/h3,13-14,17-19,23,26-29,31-32H,1,4-12,15-16,20-22H2,2H3,(H,40,47)(H,41,44)(H,42,46)/t23-,27-,28-,31+,32+,38?/m1/s1. The zero-order chi connectivity index (χ0) is 36.6. The van der Waals surface area contributed by atoms with E-state index in [0.717, 1.165) is 67.7 Å². The van der Waals surface area contributed by atoms with Crippen LogP contribution in [0.1, 0.15) is 89.5 Å². The normalized spacial score (nSPS) is 30.3. The van der Waals surface area contributed by atoms with Gasteiger partial charge in [0.1, 0.15) is 29.8 Å². The van der Waals surface area contributed by atoms with E-state index in [2.05, 4.69) is 39.1 Å². The van der Waals surface area contributed by atoms with Crippen LogP contribution in [0.15, 0.2) is 43.1 Å². The predicted molar refractivity (Wildman–Crippen MR) is 193 cm³/mol. The molecule has 13 nitrogen and oxygen atoms in total. The summed E-state index contributed by atoms with van der Waals surface area (Å²) in [6.45, 7) is 5.68. The van der Waals surface area contributed by atoms with Crippen LogP contribution >= 0.6 is 0 Å². The van der Waals surface area contributed by atoms with E-state index in [9.17, 15) is 27.6 Å². The van der Waals surface area contributed by atoms with Crippen molar-refractivity contribution >= 4 is 44.6 Å². The van der Waals surface area contributed by atoms with E-state index in [1.807, 2.05) is 19.1 Å². The molecule has 2 aromatic rings. The lowest BCUT2D eigenvalue weighted by molar-refractivity contribution is -0.142. The zero-order valence-electron chi connectivity index (χ0n) is 29.7. The van der Waals surface area contributed by atoms with Crippen molar-refractivity contribution in [3.05, 3.63) is 48.7 Å². The molecule has 3 aliphatic carbocycles. The zero-order valence-corrected chi connectivity index (χ0v) is 30.5. The molecule has 3 heterocycles. The maximum atomic E-state index is 14.7. The van der Waals surface area contributed by atoms with E-state index in [-0.39, 0.29) is 31.4 Å². The van der Waals surface area contributed by atoms with E-state index >= 15 is 0 Å². The monoisotopic (exact) mass is 735 g/mol. The first-order valence-electron chi connectivity index (χ1n) is 18.8. The number of nitrogens with zero attached hydrogens (tertiary/aromatic N) is 2. The first-order valence-corrected chi connectivity index (χ1v) is 20.3. The van der Waals surface area contributed by atoms with Crippen LogP contribution in [0, 0.1) is 11.8 Å². The van der Waals surface area contributed by atoms with Crippen LogP contribution in [-0.4, -0.2) is 83.7 Å². The third-order valence-electron chi connectivity index (χ3n) is 11.5. The van der Waals surface area contributed by atoms with E-state index in [1.165, 1.54) is 11.0 Å². The molecule has 1 unspecified atom stereocenters. The summed E-state index contributed by atoms with van der Waals surface area (Å²) in [5, 5.41) is 6.89. The van der Waals surface area contributed by atoms with Crippen molar-refractivity contribution in [1.29, 1.82) is 0 Å². The molecule has 2 aliphatic heterocycles. The minimum absolute atomic E-state index is 0.0329. The Labute approximate surface area is 304 Å². The molecule has 0 spiro atoms. The summed E-state index contributed by atoms with van der Waals surface area (Å²) in [7, 11) is -3.88. The molecule has 4 amide bonds. The fraction of sp³-hybridized carbons (Fsp3) is 0.605. The lowest BCUT2D eigenvalue weighted by Gasteiger charge is -2.34. The number of aryl methyl sites for hydroxylation is 1. The lowest BCUT2D eigenvalue weighted by atomic mass is 9.83. The number of nitrogens with one attached hydrogen (secondary N) is 3. The molecule has 1 aromatic carbocycles. The number of cyclic esters (lactones) is 1. The Morgan fingerprint density at radius 2 is 1.81 bits per heavy atom. The van der Waals surface area contributed by atoms with Crippen molar-refractivity contribution in [3.8, 4) is 5.88 Å². The van der Waals surface area contributed by atoms with Crippen LogP contribution in [-0.2, 0) is 35.6 Å². The smallest absolute Gasteiger partial charge is 0.408 e. The fourth-order valence-electron chi connectivity index (χ4n) is 8.18. The molecule has 280 valence electrons. The number of ether oxygens (including phenoxy) is 2. The topological polar surface area (TPSA) is 173 Å². The third kappa shape index (κ3) is 7.62. The minimum Gasteiger partial charge on any atom is -0.472 e. The van der Waals surface area contributed by atoms with Crippen molar-refractivity contribution < 1.29 is 37.1 Å². The maximum absolute atomic E-state index is 14.7. The van der Waals surface area contributed by atoms with Crippen LogP contribution in [0.3, 0.4) is 0 Å². The molecule has 1 saturated heterocycles. The Morgan fingerprint density at radius 1 is 1.04 bits per heavy atom. The number of hydrogen-bond donors (Lipinski definition) is 3. The first kappa shape index (κ1) is 36.2. The van der Waals surface area contributed by atoms with Gasteiger partial charge in [0, 0.05) is 23.9 Å². The van der Waals surface area contributed by atoms with Gasteiger partial charge in [-0.3, -0.25) is 19.1 Å². The quantitative estimate of drug-likeness (QED) is 0.355. The average molecular weight is 736 g/mol. The van der Waals surface area contributed by atoms with Crippen molar-refractivity contribution in [2.45, 2.75) is 125 Å². The molecule has 1 aromatic heterocycles. The van der Waals surface area contributed by atoms with Gasteiger partial charge in [-0.15, -0.1) is 6.58 Å².